The molecule has 10 rings (SSSR count). The summed E-state index contributed by atoms with van der Waals surface area (Å²) in [6.07, 6.45) is 0. The average Bonchev–Trinajstić information content (AvgIpc) is 3.71. The fourth-order valence-electron chi connectivity index (χ4n) is 8.03. The van der Waals surface area contributed by atoms with Gasteiger partial charge in [-0.05, 0) is 104 Å². The van der Waals surface area contributed by atoms with Crippen molar-refractivity contribution >= 4 is 49.8 Å². The highest BCUT2D eigenvalue weighted by Gasteiger charge is 2.35. The third-order valence-corrected chi connectivity index (χ3v) is 10.5. The van der Waals surface area contributed by atoms with E-state index in [2.05, 4.69) is 122 Å². The summed E-state index contributed by atoms with van der Waals surface area (Å²) in [6.45, 7) is 4.62. The lowest BCUT2D eigenvalue weighted by atomic mass is 9.82. The summed E-state index contributed by atoms with van der Waals surface area (Å²) in [5.41, 5.74) is 12.6. The van der Waals surface area contributed by atoms with Crippen LogP contribution in [-0.4, -0.2) is 0 Å². The number of rotatable bonds is 5. The Morgan fingerprint density at radius 1 is 0.471 bits per heavy atom. The van der Waals surface area contributed by atoms with E-state index >= 15 is 0 Å². The topological polar surface area (TPSA) is 16.4 Å². The van der Waals surface area contributed by atoms with Crippen LogP contribution >= 0.6 is 0 Å². The van der Waals surface area contributed by atoms with Gasteiger partial charge in [0.25, 0.3) is 0 Å². The molecule has 0 saturated carbocycles. The van der Waals surface area contributed by atoms with Crippen LogP contribution < -0.4 is 4.90 Å². The summed E-state index contributed by atoms with van der Waals surface area (Å²) in [5.74, 6) is 0. The standard InChI is InChI=1S/C49H35NO/c1-49(2)45-20-12-11-18-39(45)40-28-26-37(30-46(40)49)50(35-15-7-4-8-16-35)36-24-21-32(22-25-36)34-23-27-41-44-31-43(33-13-5-3-6-14-33)38-17-9-10-19-42(38)48(44)51-47(41)29-34/h3-31H,1-2H3/i3D,5D,6D,13D,14D. The van der Waals surface area contributed by atoms with E-state index in [0.29, 0.717) is 16.7 Å². The molecule has 242 valence electrons. The van der Waals surface area contributed by atoms with Crippen LogP contribution in [0.1, 0.15) is 31.8 Å². The SMILES string of the molecule is [2H]c1c([2H])c([2H])c(-c2cc3c4ccc(-c5ccc(N(c6ccccc6)c6ccc7c(c6)C(C)(C)c6ccccc6-7)cc5)cc4oc3c3ccccc23)c([2H])c1[2H]. The van der Waals surface area contributed by atoms with Gasteiger partial charge in [0.1, 0.15) is 11.2 Å². The number of hydrogen-bond acceptors (Lipinski definition) is 2. The van der Waals surface area contributed by atoms with Gasteiger partial charge in [0.2, 0.25) is 0 Å². The lowest BCUT2D eigenvalue weighted by Gasteiger charge is -2.28. The van der Waals surface area contributed by atoms with Gasteiger partial charge < -0.3 is 9.32 Å². The summed E-state index contributed by atoms with van der Waals surface area (Å²) in [5, 5.41) is 3.28. The molecule has 1 aliphatic rings. The molecule has 0 radical (unpaired) electrons. The third-order valence-electron chi connectivity index (χ3n) is 10.5. The van der Waals surface area contributed by atoms with Crippen molar-refractivity contribution in [3.8, 4) is 33.4 Å². The van der Waals surface area contributed by atoms with E-state index in [1.807, 2.05) is 42.5 Å². The first-order valence-electron chi connectivity index (χ1n) is 19.8. The van der Waals surface area contributed by atoms with Crippen molar-refractivity contribution in [3.05, 3.63) is 187 Å². The van der Waals surface area contributed by atoms with Gasteiger partial charge in [0.15, 0.2) is 0 Å². The Balaban J connectivity index is 1.06. The average molecular weight is 659 g/mol. The van der Waals surface area contributed by atoms with Crippen LogP contribution in [0.15, 0.2) is 180 Å². The fourth-order valence-corrected chi connectivity index (χ4v) is 8.03. The lowest BCUT2D eigenvalue weighted by Crippen LogP contribution is -2.16. The molecule has 1 heterocycles. The van der Waals surface area contributed by atoms with Crippen LogP contribution in [0.5, 0.6) is 0 Å². The predicted molar refractivity (Wildman–Crippen MR) is 214 cm³/mol. The number of para-hydroxylation sites is 1. The molecule has 0 unspecified atom stereocenters. The molecular weight excluding hydrogens is 619 g/mol. The zero-order valence-corrected chi connectivity index (χ0v) is 28.2. The number of nitrogens with zero attached hydrogens (tertiary/aromatic N) is 1. The Kier molecular flexibility index (Phi) is 5.49. The van der Waals surface area contributed by atoms with Crippen LogP contribution in [-0.2, 0) is 5.41 Å². The minimum absolute atomic E-state index is 0.114. The van der Waals surface area contributed by atoms with E-state index in [0.717, 1.165) is 49.7 Å². The molecule has 1 aromatic heterocycles. The number of hydrogen-bond donors (Lipinski definition) is 0. The van der Waals surface area contributed by atoms with Crippen molar-refractivity contribution < 1.29 is 11.3 Å². The van der Waals surface area contributed by atoms with Crippen LogP contribution in [0, 0.1) is 0 Å². The molecule has 9 aromatic rings. The van der Waals surface area contributed by atoms with Gasteiger partial charge in [-0.1, -0.05) is 135 Å². The van der Waals surface area contributed by atoms with E-state index in [4.69, 9.17) is 11.3 Å². The number of furan rings is 1. The molecule has 2 nitrogen and oxygen atoms in total. The number of benzene rings is 8. The highest BCUT2D eigenvalue weighted by molar-refractivity contribution is 6.19. The Morgan fingerprint density at radius 3 is 1.96 bits per heavy atom. The maximum Gasteiger partial charge on any atom is 0.143 e. The predicted octanol–water partition coefficient (Wildman–Crippen LogP) is 13.8. The largest absolute Gasteiger partial charge is 0.455 e. The second-order valence-corrected chi connectivity index (χ2v) is 13.8. The highest BCUT2D eigenvalue weighted by Crippen LogP contribution is 2.50. The Hall–Kier alpha value is -6.38. The van der Waals surface area contributed by atoms with Crippen LogP contribution in [0.4, 0.5) is 17.1 Å². The summed E-state index contributed by atoms with van der Waals surface area (Å²) < 4.78 is 48.8. The van der Waals surface area contributed by atoms with Gasteiger partial charge in [-0.15, -0.1) is 0 Å². The van der Waals surface area contributed by atoms with E-state index in [1.54, 1.807) is 0 Å². The summed E-state index contributed by atoms with van der Waals surface area (Å²) in [6, 6.07) is 48.8. The molecular formula is C49H35NO. The van der Waals surface area contributed by atoms with Crippen molar-refractivity contribution in [1.29, 1.82) is 0 Å². The minimum Gasteiger partial charge on any atom is -0.455 e. The van der Waals surface area contributed by atoms with Gasteiger partial charge in [-0.3, -0.25) is 0 Å². The van der Waals surface area contributed by atoms with Crippen LogP contribution in [0.2, 0.25) is 0 Å². The maximum absolute atomic E-state index is 8.72. The first kappa shape index (κ1) is 24.7. The second kappa shape index (κ2) is 11.3. The molecule has 2 heteroatoms. The number of fused-ring (bicyclic) bond motifs is 8. The normalized spacial score (nSPS) is 14.4. The molecule has 0 N–H and O–H groups in total. The van der Waals surface area contributed by atoms with Crippen molar-refractivity contribution in [2.24, 2.45) is 0 Å². The van der Waals surface area contributed by atoms with Gasteiger partial charge >= 0.3 is 0 Å². The van der Waals surface area contributed by atoms with E-state index in [-0.39, 0.29) is 35.1 Å². The Morgan fingerprint density at radius 2 is 1.14 bits per heavy atom. The maximum atomic E-state index is 8.72. The molecule has 0 fully saturated rings. The van der Waals surface area contributed by atoms with E-state index < -0.39 is 6.04 Å². The van der Waals surface area contributed by atoms with Crippen LogP contribution in [0.25, 0.3) is 66.1 Å². The molecule has 0 atom stereocenters. The summed E-state index contributed by atoms with van der Waals surface area (Å²) in [4.78, 5) is 2.31. The quantitative estimate of drug-likeness (QED) is 0.183. The lowest BCUT2D eigenvalue weighted by molar-refractivity contribution is 0.660. The first-order chi connectivity index (χ1) is 27.1. The van der Waals surface area contributed by atoms with Crippen molar-refractivity contribution in [2.45, 2.75) is 19.3 Å². The molecule has 0 aliphatic heterocycles. The minimum atomic E-state index is -0.408. The molecule has 0 amide bonds. The van der Waals surface area contributed by atoms with E-state index in [9.17, 15) is 0 Å². The molecule has 51 heavy (non-hydrogen) atoms. The zero-order valence-electron chi connectivity index (χ0n) is 33.2. The summed E-state index contributed by atoms with van der Waals surface area (Å²) >= 11 is 0. The molecule has 8 aromatic carbocycles. The Labute approximate surface area is 304 Å². The number of anilines is 3. The summed E-state index contributed by atoms with van der Waals surface area (Å²) in [7, 11) is 0. The van der Waals surface area contributed by atoms with Gasteiger partial charge in [-0.2, -0.15) is 0 Å². The highest BCUT2D eigenvalue weighted by atomic mass is 16.3. The molecule has 0 saturated heterocycles. The molecule has 1 aliphatic carbocycles. The van der Waals surface area contributed by atoms with Crippen molar-refractivity contribution in [2.75, 3.05) is 4.90 Å². The Bertz CT molecular complexity index is 3030. The van der Waals surface area contributed by atoms with Gasteiger partial charge in [-0.25, -0.2) is 0 Å². The zero-order chi connectivity index (χ0) is 38.5. The van der Waals surface area contributed by atoms with E-state index in [1.165, 1.54) is 22.3 Å². The van der Waals surface area contributed by atoms with Gasteiger partial charge in [0.05, 0.1) is 6.85 Å². The fraction of sp³-hybridized carbons (Fsp3) is 0.0612. The molecule has 0 spiro atoms. The first-order valence-corrected chi connectivity index (χ1v) is 17.3. The third kappa shape index (κ3) is 4.64. The molecule has 0 bridgehead atoms. The van der Waals surface area contributed by atoms with Crippen LogP contribution in [0.3, 0.4) is 0 Å². The monoisotopic (exact) mass is 658 g/mol. The van der Waals surface area contributed by atoms with Gasteiger partial charge in [0, 0.05) is 38.6 Å². The second-order valence-electron chi connectivity index (χ2n) is 13.8. The smallest absolute Gasteiger partial charge is 0.143 e. The van der Waals surface area contributed by atoms with Crippen molar-refractivity contribution in [3.63, 3.8) is 0 Å². The van der Waals surface area contributed by atoms with Crippen molar-refractivity contribution in [1.82, 2.24) is 0 Å².